The van der Waals surface area contributed by atoms with Gasteiger partial charge in [-0.3, -0.25) is 4.46 Å². The van der Waals surface area contributed by atoms with E-state index >= 15 is 0 Å². The van der Waals surface area contributed by atoms with Crippen molar-refractivity contribution in [2.24, 2.45) is 0 Å². The summed E-state index contributed by atoms with van der Waals surface area (Å²) >= 11 is 0. The van der Waals surface area contributed by atoms with Crippen molar-refractivity contribution in [3.63, 3.8) is 0 Å². The van der Waals surface area contributed by atoms with Crippen molar-refractivity contribution in [2.45, 2.75) is 0 Å². The molecule has 0 bridgehead atoms. The van der Waals surface area contributed by atoms with E-state index in [9.17, 15) is 0 Å². The first-order valence-corrected chi connectivity index (χ1v) is 1.95. The Morgan fingerprint density at radius 3 is 1.40 bits per heavy atom. The zero-order chi connectivity index (χ0) is 3.58. The Morgan fingerprint density at radius 2 is 1.40 bits per heavy atom. The van der Waals surface area contributed by atoms with Crippen molar-refractivity contribution >= 4 is 32.2 Å². The van der Waals surface area contributed by atoms with Crippen LogP contribution in [0.15, 0.2) is 0 Å². The van der Waals surface area contributed by atoms with Gasteiger partial charge in [0.1, 0.15) is 0 Å². The largest absolute Gasteiger partial charge is 2.00 e. The quantitative estimate of drug-likeness (QED) is 0.348. The van der Waals surface area contributed by atoms with Crippen LogP contribution in [-0.2, 0) is 4.46 Å². The molecular weight excluding hydrogens is 100 g/mol. The Balaban J connectivity index is 0. The van der Waals surface area contributed by atoms with Gasteiger partial charge < -0.3 is 9.59 Å². The molecule has 0 aliphatic rings. The molecule has 0 radical (unpaired) electrons. The van der Waals surface area contributed by atoms with Crippen LogP contribution >= 0.6 is 0 Å². The van der Waals surface area contributed by atoms with Gasteiger partial charge in [0.2, 0.25) is 0 Å². The second-order valence-corrected chi connectivity index (χ2v) is 0.848. The minimum Gasteiger partial charge on any atom is -0.511 e. The van der Waals surface area contributed by atoms with Crippen LogP contribution in [0.4, 0.5) is 0 Å². The molecule has 0 aromatic heterocycles. The van der Waals surface area contributed by atoms with Crippen molar-refractivity contribution in [3.05, 3.63) is 0 Å². The van der Waals surface area contributed by atoms with Crippen LogP contribution < -0.4 is 0 Å². The first kappa shape index (κ1) is 9.04. The van der Waals surface area contributed by atoms with Gasteiger partial charge in [-0.25, -0.2) is 0 Å². The third-order valence-electron chi connectivity index (χ3n) is 0. The maximum atomic E-state index is 8.74. The summed E-state index contributed by atoms with van der Waals surface area (Å²) < 4.78 is 8.74. The topological polar surface area (TPSA) is 57.5 Å². The molecule has 0 rings (SSSR count). The smallest absolute Gasteiger partial charge is 0.511 e. The van der Waals surface area contributed by atoms with Crippen LogP contribution in [-0.4, -0.2) is 41.8 Å². The fraction of sp³-hybridized carbons (Fsp3) is 0. The SMILES string of the molecule is O=[Si](O)O.[Mg+2]. The van der Waals surface area contributed by atoms with E-state index in [1.54, 1.807) is 0 Å². The molecule has 5 heavy (non-hydrogen) atoms. The van der Waals surface area contributed by atoms with Crippen molar-refractivity contribution in [1.82, 2.24) is 0 Å². The first-order valence-electron chi connectivity index (χ1n) is 0.651. The molecule has 5 heteroatoms. The van der Waals surface area contributed by atoms with Gasteiger partial charge >= 0.3 is 32.2 Å². The summed E-state index contributed by atoms with van der Waals surface area (Å²) in [7, 11) is -3.13. The number of hydrogen-bond acceptors (Lipinski definition) is 1. The zero-order valence-electron chi connectivity index (χ0n) is 2.51. The molecule has 0 aliphatic heterocycles. The molecule has 0 aromatic rings. The van der Waals surface area contributed by atoms with Crippen LogP contribution in [0.5, 0.6) is 0 Å². The molecular formula is H2MgO3Si+2. The maximum Gasteiger partial charge on any atom is 2.00 e. The minimum absolute atomic E-state index is 0. The molecule has 0 fully saturated rings. The predicted molar refractivity (Wildman–Crippen MR) is 16.6 cm³/mol. The van der Waals surface area contributed by atoms with Crippen LogP contribution in [0.25, 0.3) is 0 Å². The molecule has 0 amide bonds. The van der Waals surface area contributed by atoms with E-state index < -0.39 is 9.17 Å². The molecule has 0 saturated carbocycles. The fourth-order valence-electron chi connectivity index (χ4n) is 0. The molecule has 24 valence electrons. The fourth-order valence-corrected chi connectivity index (χ4v) is 0. The molecule has 0 heterocycles. The van der Waals surface area contributed by atoms with Crippen molar-refractivity contribution in [1.29, 1.82) is 0 Å². The monoisotopic (exact) mass is 102 g/mol. The number of rotatable bonds is 0. The Labute approximate surface area is 46.7 Å². The molecule has 0 aromatic carbocycles. The third kappa shape index (κ3) is 170. The second-order valence-electron chi connectivity index (χ2n) is 0.283. The Bertz CT molecular complexity index is 29.9. The molecule has 2 N–H and O–H groups in total. The van der Waals surface area contributed by atoms with Crippen LogP contribution in [0.3, 0.4) is 0 Å². The average molecular weight is 102 g/mol. The third-order valence-corrected chi connectivity index (χ3v) is 0. The van der Waals surface area contributed by atoms with Gasteiger partial charge in [0.05, 0.1) is 0 Å². The summed E-state index contributed by atoms with van der Waals surface area (Å²) in [5, 5.41) is 0. The van der Waals surface area contributed by atoms with Crippen molar-refractivity contribution in [2.75, 3.05) is 0 Å². The van der Waals surface area contributed by atoms with Gasteiger partial charge in [-0.2, -0.15) is 0 Å². The summed E-state index contributed by atoms with van der Waals surface area (Å²) in [4.78, 5) is 14.3. The molecule has 0 atom stereocenters. The molecule has 3 nitrogen and oxygen atoms in total. The van der Waals surface area contributed by atoms with Gasteiger partial charge in [0, 0.05) is 0 Å². The van der Waals surface area contributed by atoms with Crippen molar-refractivity contribution in [3.8, 4) is 0 Å². The average Bonchev–Trinajstić information content (AvgIpc) is 0.811. The Morgan fingerprint density at radius 1 is 1.40 bits per heavy atom. The summed E-state index contributed by atoms with van der Waals surface area (Å²) in [6, 6.07) is 0. The van der Waals surface area contributed by atoms with E-state index in [-0.39, 0.29) is 23.1 Å². The zero-order valence-corrected chi connectivity index (χ0v) is 4.92. The Kier molecular flexibility index (Phi) is 7.92. The van der Waals surface area contributed by atoms with Gasteiger partial charge in [0.15, 0.2) is 0 Å². The van der Waals surface area contributed by atoms with E-state index in [0.717, 1.165) is 0 Å². The summed E-state index contributed by atoms with van der Waals surface area (Å²) in [5.41, 5.74) is 0. The summed E-state index contributed by atoms with van der Waals surface area (Å²) in [6.07, 6.45) is 0. The van der Waals surface area contributed by atoms with Gasteiger partial charge in [-0.05, 0) is 0 Å². The minimum atomic E-state index is -3.13. The van der Waals surface area contributed by atoms with Crippen LogP contribution in [0, 0.1) is 0 Å². The normalized spacial score (nSPS) is 4.80. The molecule has 0 unspecified atom stereocenters. The van der Waals surface area contributed by atoms with Crippen molar-refractivity contribution < 1.29 is 14.1 Å². The molecule has 0 aliphatic carbocycles. The van der Waals surface area contributed by atoms with Gasteiger partial charge in [0.25, 0.3) is 0 Å². The van der Waals surface area contributed by atoms with E-state index in [2.05, 4.69) is 0 Å². The standard InChI is InChI=1S/Mg.H2O3Si/c;1-4(2)3/h;1-2H/q+2;. The van der Waals surface area contributed by atoms with E-state index in [1.807, 2.05) is 0 Å². The summed E-state index contributed by atoms with van der Waals surface area (Å²) in [6.45, 7) is 0. The first-order chi connectivity index (χ1) is 1.73. The van der Waals surface area contributed by atoms with Gasteiger partial charge in [-0.15, -0.1) is 0 Å². The van der Waals surface area contributed by atoms with Crippen LogP contribution in [0.1, 0.15) is 0 Å². The second kappa shape index (κ2) is 4.38. The van der Waals surface area contributed by atoms with E-state index in [4.69, 9.17) is 14.1 Å². The molecule has 0 saturated heterocycles. The van der Waals surface area contributed by atoms with E-state index in [0.29, 0.717) is 0 Å². The van der Waals surface area contributed by atoms with E-state index in [1.165, 1.54) is 0 Å². The summed E-state index contributed by atoms with van der Waals surface area (Å²) in [5.74, 6) is 0. The maximum absolute atomic E-state index is 8.74. The predicted octanol–water partition coefficient (Wildman–Crippen LogP) is -1.99. The van der Waals surface area contributed by atoms with Gasteiger partial charge in [-0.1, -0.05) is 0 Å². The molecule has 0 spiro atoms. The number of hydrogen-bond donors (Lipinski definition) is 2. The Hall–Kier alpha value is 0.383. The van der Waals surface area contributed by atoms with Crippen LogP contribution in [0.2, 0.25) is 0 Å².